The van der Waals surface area contributed by atoms with Crippen LogP contribution in [-0.2, 0) is 24.8 Å². The lowest BCUT2D eigenvalue weighted by Crippen LogP contribution is -2.28. The largest absolute Gasteiger partial charge is 0.492 e. The van der Waals surface area contributed by atoms with Crippen molar-refractivity contribution in [3.63, 3.8) is 0 Å². The average Bonchev–Trinajstić information content (AvgIpc) is 2.70. The number of amides is 1. The topological polar surface area (TPSA) is 122 Å². The van der Waals surface area contributed by atoms with Crippen molar-refractivity contribution in [1.29, 1.82) is 0 Å². The average molecular weight is 492 g/mol. The standard InChI is InChI=1S/C19H23F2N3O6S2/c1-4-30-17-8-5-13(11-18(17)32(28,29)24(2)3)23-19(25)9-10-22-31(26,27)14-6-7-15(20)16(21)12-14/h5-8,11-12,22H,4,9-10H2,1-3H3,(H,23,25). The second kappa shape index (κ2) is 10.3. The fraction of sp³-hybridized carbons (Fsp3) is 0.316. The number of carbonyl (C=O) groups is 1. The van der Waals surface area contributed by atoms with Crippen molar-refractivity contribution >= 4 is 31.6 Å². The highest BCUT2D eigenvalue weighted by molar-refractivity contribution is 7.89. The van der Waals surface area contributed by atoms with Gasteiger partial charge in [-0.05, 0) is 43.3 Å². The number of benzene rings is 2. The number of carbonyl (C=O) groups excluding carboxylic acids is 1. The third-order valence-electron chi connectivity index (χ3n) is 4.13. The summed E-state index contributed by atoms with van der Waals surface area (Å²) in [5.74, 6) is -2.98. The van der Waals surface area contributed by atoms with Crippen molar-refractivity contribution < 1.29 is 35.1 Å². The van der Waals surface area contributed by atoms with Crippen LogP contribution in [0.4, 0.5) is 14.5 Å². The minimum atomic E-state index is -4.15. The van der Waals surface area contributed by atoms with Gasteiger partial charge in [-0.3, -0.25) is 4.79 Å². The molecule has 32 heavy (non-hydrogen) atoms. The molecule has 2 aromatic rings. The summed E-state index contributed by atoms with van der Waals surface area (Å²) in [6, 6.07) is 6.20. The smallest absolute Gasteiger partial charge is 0.246 e. The predicted octanol–water partition coefficient (Wildman–Crippen LogP) is 1.92. The number of sulfonamides is 2. The first kappa shape index (κ1) is 25.6. The lowest BCUT2D eigenvalue weighted by molar-refractivity contribution is -0.116. The maximum absolute atomic E-state index is 13.3. The van der Waals surface area contributed by atoms with Crippen LogP contribution in [-0.4, -0.2) is 54.3 Å². The number of hydrogen-bond acceptors (Lipinski definition) is 6. The molecule has 9 nitrogen and oxygen atoms in total. The van der Waals surface area contributed by atoms with E-state index in [-0.39, 0.29) is 35.9 Å². The molecule has 0 aliphatic heterocycles. The summed E-state index contributed by atoms with van der Waals surface area (Å²) in [5, 5.41) is 2.48. The summed E-state index contributed by atoms with van der Waals surface area (Å²) in [7, 11) is -5.29. The SMILES string of the molecule is CCOc1ccc(NC(=O)CCNS(=O)(=O)c2ccc(F)c(F)c2)cc1S(=O)(=O)N(C)C. The van der Waals surface area contributed by atoms with Gasteiger partial charge in [-0.15, -0.1) is 0 Å². The number of ether oxygens (including phenoxy) is 1. The molecule has 0 atom stereocenters. The van der Waals surface area contributed by atoms with E-state index in [1.807, 2.05) is 0 Å². The number of halogens is 2. The zero-order valence-electron chi connectivity index (χ0n) is 17.6. The zero-order chi connectivity index (χ0) is 24.1. The number of rotatable bonds is 10. The maximum atomic E-state index is 13.3. The molecule has 0 aliphatic rings. The van der Waals surface area contributed by atoms with Crippen molar-refractivity contribution in [2.24, 2.45) is 0 Å². The van der Waals surface area contributed by atoms with Gasteiger partial charge in [0, 0.05) is 32.7 Å². The Hall–Kier alpha value is -2.61. The number of anilines is 1. The van der Waals surface area contributed by atoms with Crippen LogP contribution in [0.1, 0.15) is 13.3 Å². The lowest BCUT2D eigenvalue weighted by Gasteiger charge is -2.16. The monoisotopic (exact) mass is 491 g/mol. The van der Waals surface area contributed by atoms with Crippen molar-refractivity contribution in [1.82, 2.24) is 9.03 Å². The van der Waals surface area contributed by atoms with Crippen LogP contribution >= 0.6 is 0 Å². The summed E-state index contributed by atoms with van der Waals surface area (Å²) in [4.78, 5) is 11.6. The van der Waals surface area contributed by atoms with Crippen LogP contribution < -0.4 is 14.8 Å². The van der Waals surface area contributed by atoms with E-state index in [1.54, 1.807) is 6.92 Å². The van der Waals surface area contributed by atoms with Gasteiger partial charge in [0.1, 0.15) is 10.6 Å². The molecular formula is C19H23F2N3O6S2. The Bertz CT molecular complexity index is 1200. The van der Waals surface area contributed by atoms with E-state index in [9.17, 15) is 30.4 Å². The van der Waals surface area contributed by atoms with Gasteiger partial charge in [-0.25, -0.2) is 34.6 Å². The van der Waals surface area contributed by atoms with Gasteiger partial charge in [0.15, 0.2) is 11.6 Å². The van der Waals surface area contributed by atoms with Crippen LogP contribution in [0.5, 0.6) is 5.75 Å². The Labute approximate surface area is 185 Å². The molecule has 2 aromatic carbocycles. The quantitative estimate of drug-likeness (QED) is 0.524. The number of nitrogens with one attached hydrogen (secondary N) is 2. The molecule has 0 radical (unpaired) electrons. The summed E-state index contributed by atoms with van der Waals surface area (Å²) in [6.45, 7) is 1.61. The zero-order valence-corrected chi connectivity index (χ0v) is 19.2. The molecule has 2 N–H and O–H groups in total. The van der Waals surface area contributed by atoms with Crippen molar-refractivity contribution in [2.75, 3.05) is 32.6 Å². The molecular weight excluding hydrogens is 468 g/mol. The van der Waals surface area contributed by atoms with Gasteiger partial charge >= 0.3 is 0 Å². The molecule has 0 spiro atoms. The van der Waals surface area contributed by atoms with Crippen LogP contribution in [0.25, 0.3) is 0 Å². The Morgan fingerprint density at radius 3 is 2.31 bits per heavy atom. The van der Waals surface area contributed by atoms with Gasteiger partial charge in [-0.2, -0.15) is 0 Å². The molecule has 0 heterocycles. The van der Waals surface area contributed by atoms with Crippen LogP contribution in [0, 0.1) is 11.6 Å². The normalized spacial score (nSPS) is 12.1. The molecule has 13 heteroatoms. The second-order valence-corrected chi connectivity index (χ2v) is 10.5. The van der Waals surface area contributed by atoms with Gasteiger partial charge in [0.05, 0.1) is 11.5 Å². The van der Waals surface area contributed by atoms with Gasteiger partial charge in [0.25, 0.3) is 0 Å². The van der Waals surface area contributed by atoms with Crippen LogP contribution in [0.3, 0.4) is 0 Å². The first-order chi connectivity index (χ1) is 14.9. The highest BCUT2D eigenvalue weighted by Crippen LogP contribution is 2.29. The number of nitrogens with zero attached hydrogens (tertiary/aromatic N) is 1. The van der Waals surface area contributed by atoms with Crippen molar-refractivity contribution in [2.45, 2.75) is 23.1 Å². The molecule has 0 saturated carbocycles. The fourth-order valence-corrected chi connectivity index (χ4v) is 4.60. The molecule has 2 rings (SSSR count). The molecule has 0 saturated heterocycles. The Balaban J connectivity index is 2.07. The Morgan fingerprint density at radius 1 is 1.03 bits per heavy atom. The lowest BCUT2D eigenvalue weighted by atomic mass is 10.3. The Morgan fingerprint density at radius 2 is 1.72 bits per heavy atom. The summed E-state index contributed by atoms with van der Waals surface area (Å²) in [6.07, 6.45) is -0.300. The minimum absolute atomic E-state index is 0.124. The van der Waals surface area contributed by atoms with E-state index in [0.29, 0.717) is 12.1 Å². The van der Waals surface area contributed by atoms with E-state index < -0.39 is 42.5 Å². The van der Waals surface area contributed by atoms with Gasteiger partial charge in [0.2, 0.25) is 26.0 Å². The second-order valence-electron chi connectivity index (χ2n) is 6.65. The van der Waals surface area contributed by atoms with Gasteiger partial charge in [-0.1, -0.05) is 0 Å². The summed E-state index contributed by atoms with van der Waals surface area (Å²) < 4.78 is 84.0. The molecule has 0 aromatic heterocycles. The molecule has 0 aliphatic carbocycles. The van der Waals surface area contributed by atoms with Gasteiger partial charge < -0.3 is 10.1 Å². The van der Waals surface area contributed by atoms with E-state index in [1.165, 1.54) is 32.3 Å². The first-order valence-corrected chi connectivity index (χ1v) is 12.2. The van der Waals surface area contributed by atoms with Crippen LogP contribution in [0.2, 0.25) is 0 Å². The minimum Gasteiger partial charge on any atom is -0.492 e. The third-order valence-corrected chi connectivity index (χ3v) is 7.43. The first-order valence-electron chi connectivity index (χ1n) is 9.32. The Kier molecular flexibility index (Phi) is 8.29. The molecule has 0 fully saturated rings. The predicted molar refractivity (Wildman–Crippen MR) is 113 cm³/mol. The molecule has 0 unspecified atom stereocenters. The summed E-state index contributed by atoms with van der Waals surface area (Å²) >= 11 is 0. The van der Waals surface area contributed by atoms with E-state index in [2.05, 4.69) is 10.0 Å². The highest BCUT2D eigenvalue weighted by Gasteiger charge is 2.23. The van der Waals surface area contributed by atoms with Crippen LogP contribution in [0.15, 0.2) is 46.2 Å². The van der Waals surface area contributed by atoms with E-state index in [0.717, 1.165) is 10.4 Å². The van der Waals surface area contributed by atoms with Crippen molar-refractivity contribution in [3.05, 3.63) is 48.0 Å². The fourth-order valence-electron chi connectivity index (χ4n) is 2.51. The molecule has 1 amide bonds. The highest BCUT2D eigenvalue weighted by atomic mass is 32.2. The summed E-state index contributed by atoms with van der Waals surface area (Å²) in [5.41, 5.74) is 0.169. The number of hydrogen-bond donors (Lipinski definition) is 2. The van der Waals surface area contributed by atoms with E-state index >= 15 is 0 Å². The molecule has 0 bridgehead atoms. The molecule has 176 valence electrons. The van der Waals surface area contributed by atoms with Crippen molar-refractivity contribution in [3.8, 4) is 5.75 Å². The third kappa shape index (κ3) is 6.22. The van der Waals surface area contributed by atoms with E-state index in [4.69, 9.17) is 4.74 Å². The maximum Gasteiger partial charge on any atom is 0.246 e.